The van der Waals surface area contributed by atoms with Gasteiger partial charge >= 0.3 is 0 Å². The number of aromatic nitrogens is 2. The van der Waals surface area contributed by atoms with Crippen LogP contribution in [0.15, 0.2) is 91.3 Å². The van der Waals surface area contributed by atoms with Crippen molar-refractivity contribution < 1.29 is 4.74 Å². The smallest absolute Gasteiger partial charge is 0.174 e. The van der Waals surface area contributed by atoms with Crippen LogP contribution in [-0.2, 0) is 0 Å². The van der Waals surface area contributed by atoms with Crippen molar-refractivity contribution in [1.29, 1.82) is 0 Å². The Labute approximate surface area is 224 Å². The fourth-order valence-electron chi connectivity index (χ4n) is 5.70. The lowest BCUT2D eigenvalue weighted by atomic mass is 9.94. The maximum atomic E-state index is 6.08. The van der Waals surface area contributed by atoms with Gasteiger partial charge in [-0.25, -0.2) is 0 Å². The van der Waals surface area contributed by atoms with E-state index in [0.717, 1.165) is 22.9 Å². The maximum absolute atomic E-state index is 6.08. The van der Waals surface area contributed by atoms with E-state index in [0.29, 0.717) is 11.2 Å². The fourth-order valence-corrected chi connectivity index (χ4v) is 6.05. The number of anilines is 1. The molecule has 2 aromatic carbocycles. The molecule has 2 atom stereocenters. The molecule has 2 unspecified atom stereocenters. The third-order valence-electron chi connectivity index (χ3n) is 7.55. The lowest BCUT2D eigenvalue weighted by Crippen LogP contribution is -2.31. The summed E-state index contributed by atoms with van der Waals surface area (Å²) >= 11 is 5.95. The summed E-state index contributed by atoms with van der Waals surface area (Å²) in [6.45, 7) is 2.07. The first-order valence-corrected chi connectivity index (χ1v) is 13.6. The van der Waals surface area contributed by atoms with E-state index in [9.17, 15) is 0 Å². The molecule has 5 nitrogen and oxygen atoms in total. The monoisotopic (exact) mass is 508 g/mol. The lowest BCUT2D eigenvalue weighted by Gasteiger charge is -2.32. The Hall–Kier alpha value is -3.64. The van der Waals surface area contributed by atoms with E-state index in [1.54, 1.807) is 0 Å². The van der Waals surface area contributed by atoms with Crippen LogP contribution in [0.1, 0.15) is 67.2 Å². The molecular formula is C31H32N4OS. The highest BCUT2D eigenvalue weighted by Crippen LogP contribution is 2.43. The Morgan fingerprint density at radius 2 is 1.59 bits per heavy atom. The number of hydrogen-bond donors (Lipinski definition) is 1. The van der Waals surface area contributed by atoms with Gasteiger partial charge in [0.2, 0.25) is 0 Å². The predicted octanol–water partition coefficient (Wildman–Crippen LogP) is 7.67. The van der Waals surface area contributed by atoms with Crippen molar-refractivity contribution >= 4 is 23.0 Å². The molecule has 1 saturated carbocycles. The van der Waals surface area contributed by atoms with Crippen LogP contribution in [0, 0.1) is 6.92 Å². The zero-order chi connectivity index (χ0) is 25.2. The van der Waals surface area contributed by atoms with Crippen LogP contribution in [-0.4, -0.2) is 14.7 Å². The first-order valence-electron chi connectivity index (χ1n) is 13.2. The Kier molecular flexibility index (Phi) is 6.66. The van der Waals surface area contributed by atoms with Crippen molar-refractivity contribution in [3.63, 3.8) is 0 Å². The van der Waals surface area contributed by atoms with Gasteiger partial charge in [-0.2, -0.15) is 0 Å². The molecule has 0 radical (unpaired) electrons. The molecule has 37 heavy (non-hydrogen) atoms. The van der Waals surface area contributed by atoms with Crippen molar-refractivity contribution in [2.24, 2.45) is 0 Å². The number of nitrogens with zero attached hydrogens (tertiary/aromatic N) is 3. The van der Waals surface area contributed by atoms with E-state index in [2.05, 4.69) is 70.4 Å². The number of benzene rings is 2. The van der Waals surface area contributed by atoms with Crippen molar-refractivity contribution in [3.05, 3.63) is 108 Å². The van der Waals surface area contributed by atoms with Crippen LogP contribution in [0.4, 0.5) is 5.69 Å². The zero-order valence-corrected chi connectivity index (χ0v) is 21.9. The molecule has 1 saturated heterocycles. The fraction of sp³-hybridized carbons (Fsp3) is 0.290. The summed E-state index contributed by atoms with van der Waals surface area (Å²) in [5.41, 5.74) is 4.51. The molecular weight excluding hydrogens is 476 g/mol. The van der Waals surface area contributed by atoms with Crippen molar-refractivity contribution in [2.45, 2.75) is 57.2 Å². The Morgan fingerprint density at radius 3 is 2.30 bits per heavy atom. The predicted molar refractivity (Wildman–Crippen MR) is 152 cm³/mol. The summed E-state index contributed by atoms with van der Waals surface area (Å²) in [5, 5.41) is 4.31. The molecule has 1 aliphatic heterocycles. The molecule has 0 amide bonds. The summed E-state index contributed by atoms with van der Waals surface area (Å²) < 4.78 is 8.58. The van der Waals surface area contributed by atoms with Crippen LogP contribution >= 0.6 is 12.2 Å². The van der Waals surface area contributed by atoms with Gasteiger partial charge in [-0.3, -0.25) is 4.98 Å². The molecule has 2 fully saturated rings. The van der Waals surface area contributed by atoms with Gasteiger partial charge in [-0.05, 0) is 92.6 Å². The molecule has 1 aliphatic carbocycles. The van der Waals surface area contributed by atoms with Gasteiger partial charge < -0.3 is 19.5 Å². The van der Waals surface area contributed by atoms with Crippen LogP contribution in [0.3, 0.4) is 0 Å². The second-order valence-electron chi connectivity index (χ2n) is 10.0. The van der Waals surface area contributed by atoms with E-state index in [-0.39, 0.29) is 12.1 Å². The Bertz CT molecular complexity index is 1340. The minimum Gasteiger partial charge on any atom is -0.457 e. The number of aryl methyl sites for hydroxylation is 1. The molecule has 2 aromatic heterocycles. The van der Waals surface area contributed by atoms with Crippen LogP contribution < -0.4 is 15.0 Å². The summed E-state index contributed by atoms with van der Waals surface area (Å²) in [6.07, 6.45) is 10.5. The molecule has 4 aromatic rings. The SMILES string of the molecule is Cc1ccc(Oc2ccc(N3C(=S)NC(c4ccccn4)C3c3cccn3C3CCCCC3)cc2)cc1. The molecule has 188 valence electrons. The van der Waals surface area contributed by atoms with Gasteiger partial charge in [0.1, 0.15) is 17.5 Å². The van der Waals surface area contributed by atoms with E-state index in [4.69, 9.17) is 21.9 Å². The molecule has 0 bridgehead atoms. The van der Waals surface area contributed by atoms with Gasteiger partial charge in [0, 0.05) is 29.8 Å². The largest absolute Gasteiger partial charge is 0.457 e. The summed E-state index contributed by atoms with van der Waals surface area (Å²) in [5.74, 6) is 1.63. The minimum atomic E-state index is -0.0468. The third-order valence-corrected chi connectivity index (χ3v) is 7.87. The summed E-state index contributed by atoms with van der Waals surface area (Å²) in [6, 6.07) is 27.3. The molecule has 0 spiro atoms. The highest BCUT2D eigenvalue weighted by molar-refractivity contribution is 7.80. The van der Waals surface area contributed by atoms with Gasteiger partial charge in [0.05, 0.1) is 11.7 Å². The molecule has 6 heteroatoms. The second kappa shape index (κ2) is 10.4. The second-order valence-corrected chi connectivity index (χ2v) is 10.4. The van der Waals surface area contributed by atoms with Crippen molar-refractivity contribution in [2.75, 3.05) is 4.90 Å². The van der Waals surface area contributed by atoms with Gasteiger partial charge in [0.25, 0.3) is 0 Å². The van der Waals surface area contributed by atoms with Gasteiger partial charge in [-0.15, -0.1) is 0 Å². The normalized spacial score (nSPS) is 20.1. The summed E-state index contributed by atoms with van der Waals surface area (Å²) in [4.78, 5) is 6.96. The van der Waals surface area contributed by atoms with E-state index in [1.165, 1.54) is 43.4 Å². The van der Waals surface area contributed by atoms with E-state index < -0.39 is 0 Å². The highest BCUT2D eigenvalue weighted by Gasteiger charge is 2.42. The van der Waals surface area contributed by atoms with Gasteiger partial charge in [-0.1, -0.05) is 43.0 Å². The number of hydrogen-bond acceptors (Lipinski definition) is 3. The van der Waals surface area contributed by atoms with Crippen LogP contribution in [0.2, 0.25) is 0 Å². The number of thiocarbonyl (C=S) groups is 1. The standard InChI is InChI=1S/C31H32N4OS/c1-22-12-16-25(17-13-22)36-26-18-14-24(15-19-26)35-30(29(33-31(35)37)27-10-5-6-20-32-27)28-11-7-21-34(28)23-8-3-2-4-9-23/h5-7,10-21,23,29-30H,2-4,8-9H2,1H3,(H,33,37). The summed E-state index contributed by atoms with van der Waals surface area (Å²) in [7, 11) is 0. The third kappa shape index (κ3) is 4.86. The quantitative estimate of drug-likeness (QED) is 0.271. The average molecular weight is 509 g/mol. The number of rotatable bonds is 6. The first-order chi connectivity index (χ1) is 18.2. The molecule has 3 heterocycles. The minimum absolute atomic E-state index is 0.0109. The average Bonchev–Trinajstić information content (AvgIpc) is 3.56. The highest BCUT2D eigenvalue weighted by atomic mass is 32.1. The lowest BCUT2D eigenvalue weighted by molar-refractivity contribution is 0.340. The Morgan fingerprint density at radius 1 is 0.865 bits per heavy atom. The Balaban J connectivity index is 1.35. The van der Waals surface area contributed by atoms with Gasteiger partial charge in [0.15, 0.2) is 5.11 Å². The van der Waals surface area contributed by atoms with Crippen LogP contribution in [0.25, 0.3) is 0 Å². The topological polar surface area (TPSA) is 42.3 Å². The number of pyridine rings is 1. The van der Waals surface area contributed by atoms with E-state index >= 15 is 0 Å². The molecule has 6 rings (SSSR count). The zero-order valence-electron chi connectivity index (χ0n) is 21.1. The van der Waals surface area contributed by atoms with Crippen LogP contribution in [0.5, 0.6) is 11.5 Å². The number of nitrogens with one attached hydrogen (secondary N) is 1. The van der Waals surface area contributed by atoms with Crippen molar-refractivity contribution in [3.8, 4) is 11.5 Å². The van der Waals surface area contributed by atoms with E-state index in [1.807, 2.05) is 42.6 Å². The molecule has 2 aliphatic rings. The van der Waals surface area contributed by atoms with Crippen molar-refractivity contribution in [1.82, 2.24) is 14.9 Å². The molecule has 1 N–H and O–H groups in total. The number of ether oxygens (including phenoxy) is 1. The maximum Gasteiger partial charge on any atom is 0.174 e. The first kappa shape index (κ1) is 23.7.